The topological polar surface area (TPSA) is 58.6 Å². The average Bonchev–Trinajstić information content (AvgIpc) is 2.55. The van der Waals surface area contributed by atoms with Crippen molar-refractivity contribution in [3.8, 4) is 5.75 Å². The number of benzene rings is 2. The highest BCUT2D eigenvalue weighted by molar-refractivity contribution is 6.30. The second-order valence-corrected chi connectivity index (χ2v) is 5.45. The number of aliphatic hydroxyl groups excluding tert-OH is 1. The lowest BCUT2D eigenvalue weighted by Gasteiger charge is -2.08. The van der Waals surface area contributed by atoms with Crippen LogP contribution in [0.2, 0.25) is 5.02 Å². The molecule has 120 valence electrons. The molecule has 0 aromatic heterocycles. The Kier molecular flexibility index (Phi) is 5.79. The van der Waals surface area contributed by atoms with Crippen molar-refractivity contribution in [2.24, 2.45) is 0 Å². The van der Waals surface area contributed by atoms with Crippen molar-refractivity contribution in [1.82, 2.24) is 0 Å². The molecule has 5 heteroatoms. The van der Waals surface area contributed by atoms with Gasteiger partial charge in [0.15, 0.2) is 0 Å². The third-order valence-corrected chi connectivity index (χ3v) is 3.58. The van der Waals surface area contributed by atoms with Crippen molar-refractivity contribution in [3.63, 3.8) is 0 Å². The van der Waals surface area contributed by atoms with Gasteiger partial charge in [-0.15, -0.1) is 0 Å². The first kappa shape index (κ1) is 17.1. The molecule has 0 aliphatic carbocycles. The van der Waals surface area contributed by atoms with Crippen molar-refractivity contribution >= 4 is 29.3 Å². The smallest absolute Gasteiger partial charge is 0.248 e. The summed E-state index contributed by atoms with van der Waals surface area (Å²) >= 11 is 5.96. The molecule has 0 unspecified atom stereocenters. The highest BCUT2D eigenvalue weighted by Crippen LogP contribution is 2.24. The van der Waals surface area contributed by atoms with Crippen LogP contribution in [0.4, 0.5) is 5.69 Å². The maximum Gasteiger partial charge on any atom is 0.248 e. The van der Waals surface area contributed by atoms with Gasteiger partial charge in [0.25, 0.3) is 0 Å². The van der Waals surface area contributed by atoms with Gasteiger partial charge in [0.2, 0.25) is 5.91 Å². The van der Waals surface area contributed by atoms with Crippen molar-refractivity contribution in [3.05, 3.63) is 64.2 Å². The molecule has 4 nitrogen and oxygen atoms in total. The average molecular weight is 332 g/mol. The summed E-state index contributed by atoms with van der Waals surface area (Å²) in [6, 6.07) is 10.6. The van der Waals surface area contributed by atoms with Gasteiger partial charge in [-0.05, 0) is 48.4 Å². The fraction of sp³-hybridized carbons (Fsp3) is 0.167. The van der Waals surface area contributed by atoms with E-state index < -0.39 is 0 Å². The Morgan fingerprint density at radius 1 is 1.30 bits per heavy atom. The monoisotopic (exact) mass is 331 g/mol. The molecular weight excluding hydrogens is 314 g/mol. The van der Waals surface area contributed by atoms with Gasteiger partial charge in [-0.2, -0.15) is 0 Å². The number of anilines is 1. The minimum Gasteiger partial charge on any atom is -0.496 e. The van der Waals surface area contributed by atoms with Crippen LogP contribution in [-0.4, -0.2) is 18.1 Å². The first-order valence-electron chi connectivity index (χ1n) is 7.06. The number of aliphatic hydroxyl groups is 1. The predicted molar refractivity (Wildman–Crippen MR) is 92.8 cm³/mol. The minimum atomic E-state index is -0.273. The van der Waals surface area contributed by atoms with Crippen molar-refractivity contribution in [2.75, 3.05) is 12.4 Å². The van der Waals surface area contributed by atoms with Gasteiger partial charge >= 0.3 is 0 Å². The molecular formula is C18H18ClNO3. The quantitative estimate of drug-likeness (QED) is 0.819. The molecule has 2 N–H and O–H groups in total. The van der Waals surface area contributed by atoms with Crippen molar-refractivity contribution < 1.29 is 14.6 Å². The Balaban J connectivity index is 2.15. The first-order chi connectivity index (χ1) is 11.0. The van der Waals surface area contributed by atoms with Gasteiger partial charge in [0, 0.05) is 22.3 Å². The number of halogens is 1. The van der Waals surface area contributed by atoms with Crippen LogP contribution in [0.15, 0.2) is 42.5 Å². The molecule has 0 radical (unpaired) electrons. The van der Waals surface area contributed by atoms with Crippen LogP contribution in [0.25, 0.3) is 6.08 Å². The molecule has 2 rings (SSSR count). The van der Waals surface area contributed by atoms with Crippen LogP contribution in [0.5, 0.6) is 5.75 Å². The van der Waals surface area contributed by atoms with Crippen LogP contribution >= 0.6 is 11.6 Å². The molecule has 0 saturated heterocycles. The van der Waals surface area contributed by atoms with Gasteiger partial charge in [-0.1, -0.05) is 23.7 Å². The number of nitrogens with one attached hydrogen (secondary N) is 1. The van der Waals surface area contributed by atoms with E-state index in [1.165, 1.54) is 6.08 Å². The van der Waals surface area contributed by atoms with E-state index in [1.54, 1.807) is 37.5 Å². The summed E-state index contributed by atoms with van der Waals surface area (Å²) in [5.74, 6) is 0.363. The number of hydrogen-bond acceptors (Lipinski definition) is 3. The molecule has 0 fully saturated rings. The number of amides is 1. The van der Waals surface area contributed by atoms with Gasteiger partial charge < -0.3 is 15.2 Å². The summed E-state index contributed by atoms with van der Waals surface area (Å²) in [6.07, 6.45) is 3.06. The maximum atomic E-state index is 12.1. The number of rotatable bonds is 5. The van der Waals surface area contributed by atoms with E-state index in [0.29, 0.717) is 16.5 Å². The molecule has 2 aromatic rings. The molecule has 0 aliphatic heterocycles. The second kappa shape index (κ2) is 7.81. The van der Waals surface area contributed by atoms with E-state index >= 15 is 0 Å². The highest BCUT2D eigenvalue weighted by Gasteiger charge is 2.05. The predicted octanol–water partition coefficient (Wildman–Crippen LogP) is 3.80. The summed E-state index contributed by atoms with van der Waals surface area (Å²) in [4.78, 5) is 12.1. The van der Waals surface area contributed by atoms with E-state index in [4.69, 9.17) is 21.4 Å². The van der Waals surface area contributed by atoms with Crippen LogP contribution < -0.4 is 10.1 Å². The van der Waals surface area contributed by atoms with Gasteiger partial charge in [-0.25, -0.2) is 0 Å². The first-order valence-corrected chi connectivity index (χ1v) is 7.44. The second-order valence-electron chi connectivity index (χ2n) is 5.02. The van der Waals surface area contributed by atoms with E-state index in [1.807, 2.05) is 19.1 Å². The Morgan fingerprint density at radius 2 is 2.09 bits per heavy atom. The molecule has 2 aromatic carbocycles. The normalized spacial score (nSPS) is 10.8. The van der Waals surface area contributed by atoms with Crippen LogP contribution in [0.1, 0.15) is 16.7 Å². The van der Waals surface area contributed by atoms with Gasteiger partial charge in [0.05, 0.1) is 13.7 Å². The number of carbonyl (C=O) groups excluding carboxylic acids is 1. The standard InChI is InChI=1S/C18H18ClNO3/c1-12-3-4-13(11-21)9-16(12)20-18(22)8-5-14-10-15(19)6-7-17(14)23-2/h3-10,21H,11H2,1-2H3,(H,20,22)/b8-5+. The Bertz CT molecular complexity index is 741. The maximum absolute atomic E-state index is 12.1. The third kappa shape index (κ3) is 4.58. The Morgan fingerprint density at radius 3 is 2.78 bits per heavy atom. The lowest BCUT2D eigenvalue weighted by molar-refractivity contribution is -0.111. The Labute approximate surface area is 140 Å². The number of methoxy groups -OCH3 is 1. The minimum absolute atomic E-state index is 0.0707. The van der Waals surface area contributed by atoms with Gasteiger partial charge in [-0.3, -0.25) is 4.79 Å². The fourth-order valence-corrected chi connectivity index (χ4v) is 2.26. The van der Waals surface area contributed by atoms with Crippen molar-refractivity contribution in [2.45, 2.75) is 13.5 Å². The summed E-state index contributed by atoms with van der Waals surface area (Å²) < 4.78 is 5.23. The van der Waals surface area contributed by atoms with Gasteiger partial charge in [0.1, 0.15) is 5.75 Å². The number of ether oxygens (including phenoxy) is 1. The molecule has 0 aliphatic rings. The van der Waals surface area contributed by atoms with E-state index in [2.05, 4.69) is 5.32 Å². The third-order valence-electron chi connectivity index (χ3n) is 3.35. The molecule has 0 bridgehead atoms. The molecule has 0 atom stereocenters. The molecule has 23 heavy (non-hydrogen) atoms. The summed E-state index contributed by atoms with van der Waals surface area (Å²) in [6.45, 7) is 1.82. The van der Waals surface area contributed by atoms with Crippen LogP contribution in [0.3, 0.4) is 0 Å². The lowest BCUT2D eigenvalue weighted by atomic mass is 10.1. The summed E-state index contributed by atoms with van der Waals surface area (Å²) in [5.41, 5.74) is 3.05. The zero-order valence-corrected chi connectivity index (χ0v) is 13.7. The molecule has 0 saturated carbocycles. The lowest BCUT2D eigenvalue weighted by Crippen LogP contribution is -2.09. The van der Waals surface area contributed by atoms with E-state index in [9.17, 15) is 4.79 Å². The fourth-order valence-electron chi connectivity index (χ4n) is 2.08. The summed E-state index contributed by atoms with van der Waals surface area (Å²) in [5, 5.41) is 12.5. The van der Waals surface area contributed by atoms with E-state index in [-0.39, 0.29) is 12.5 Å². The zero-order chi connectivity index (χ0) is 16.8. The van der Waals surface area contributed by atoms with Crippen LogP contribution in [0, 0.1) is 6.92 Å². The number of carbonyl (C=O) groups is 1. The summed E-state index contributed by atoms with van der Waals surface area (Å²) in [7, 11) is 1.56. The Hall–Kier alpha value is -2.30. The number of hydrogen-bond donors (Lipinski definition) is 2. The molecule has 0 spiro atoms. The zero-order valence-electron chi connectivity index (χ0n) is 13.0. The molecule has 1 amide bonds. The SMILES string of the molecule is COc1ccc(Cl)cc1/C=C/C(=O)Nc1cc(CO)ccc1C. The number of aryl methyl sites for hydroxylation is 1. The van der Waals surface area contributed by atoms with Crippen molar-refractivity contribution in [1.29, 1.82) is 0 Å². The van der Waals surface area contributed by atoms with Crippen LogP contribution in [-0.2, 0) is 11.4 Å². The highest BCUT2D eigenvalue weighted by atomic mass is 35.5. The largest absolute Gasteiger partial charge is 0.496 e. The molecule has 0 heterocycles. The van der Waals surface area contributed by atoms with E-state index in [0.717, 1.165) is 16.7 Å².